The molecule has 1 aliphatic heterocycles. The van der Waals surface area contributed by atoms with Crippen molar-refractivity contribution in [3.63, 3.8) is 0 Å². The van der Waals surface area contributed by atoms with Crippen molar-refractivity contribution < 1.29 is 9.90 Å². The van der Waals surface area contributed by atoms with Crippen LogP contribution < -0.4 is 10.6 Å². The maximum absolute atomic E-state index is 11.7. The fourth-order valence-corrected chi connectivity index (χ4v) is 2.83. The molecule has 5 heteroatoms. The van der Waals surface area contributed by atoms with Gasteiger partial charge in [-0.2, -0.15) is 0 Å². The zero-order valence-corrected chi connectivity index (χ0v) is 10.5. The first-order valence-corrected chi connectivity index (χ1v) is 6.55. The third-order valence-corrected chi connectivity index (χ3v) is 3.81. The average molecular weight is 252 g/mol. The number of thioether (sulfide) groups is 1. The number of fused-ring (bicyclic) bond motifs is 1. The van der Waals surface area contributed by atoms with E-state index in [0.29, 0.717) is 12.3 Å². The molecule has 2 rings (SSSR count). The molecule has 4 nitrogen and oxygen atoms in total. The van der Waals surface area contributed by atoms with E-state index in [4.69, 9.17) is 10.8 Å². The smallest absolute Gasteiger partial charge is 0.237 e. The number of benzene rings is 1. The highest BCUT2D eigenvalue weighted by molar-refractivity contribution is 8.00. The Balaban J connectivity index is 2.37. The number of amides is 1. The van der Waals surface area contributed by atoms with Gasteiger partial charge in [-0.05, 0) is 24.6 Å². The minimum absolute atomic E-state index is 0.00943. The summed E-state index contributed by atoms with van der Waals surface area (Å²) in [6.45, 7) is 2.26. The Morgan fingerprint density at radius 2 is 2.35 bits per heavy atom. The first-order chi connectivity index (χ1) is 8.13. The highest BCUT2D eigenvalue weighted by Crippen LogP contribution is 2.36. The van der Waals surface area contributed by atoms with Crippen LogP contribution in [0.3, 0.4) is 0 Å². The molecule has 0 aliphatic carbocycles. The van der Waals surface area contributed by atoms with Gasteiger partial charge >= 0.3 is 0 Å². The summed E-state index contributed by atoms with van der Waals surface area (Å²) in [5.74, 6) is 0.472. The maximum atomic E-state index is 11.7. The molecule has 0 spiro atoms. The summed E-state index contributed by atoms with van der Waals surface area (Å²) in [6.07, 6.45) is 0. The number of aliphatic hydroxyl groups is 1. The third kappa shape index (κ3) is 2.46. The van der Waals surface area contributed by atoms with Crippen molar-refractivity contribution in [3.05, 3.63) is 23.8 Å². The second kappa shape index (κ2) is 5.08. The Bertz CT molecular complexity index is 435. The third-order valence-electron chi connectivity index (χ3n) is 2.78. The van der Waals surface area contributed by atoms with Crippen molar-refractivity contribution in [2.45, 2.75) is 17.9 Å². The van der Waals surface area contributed by atoms with E-state index < -0.39 is 0 Å². The Kier molecular flexibility index (Phi) is 3.71. The van der Waals surface area contributed by atoms with E-state index in [0.717, 1.165) is 16.1 Å². The summed E-state index contributed by atoms with van der Waals surface area (Å²) in [6, 6.07) is 5.87. The number of hydrogen-bond donors (Lipinski definition) is 2. The summed E-state index contributed by atoms with van der Waals surface area (Å²) < 4.78 is 0. The lowest BCUT2D eigenvalue weighted by Crippen LogP contribution is -2.37. The molecule has 0 radical (unpaired) electrons. The van der Waals surface area contributed by atoms with E-state index in [1.165, 1.54) is 11.8 Å². The summed E-state index contributed by atoms with van der Waals surface area (Å²) in [7, 11) is 0. The SMILES string of the molecule is CC(N)c1ccc2c(c1)SCC(=O)N2CCO. The number of nitrogens with zero attached hydrogens (tertiary/aromatic N) is 1. The number of hydrogen-bond acceptors (Lipinski definition) is 4. The standard InChI is InChI=1S/C12H16N2O2S/c1-8(13)9-2-3-10-11(6-9)17-7-12(16)14(10)4-5-15/h2-3,6,8,15H,4-5,7,13H2,1H3. The average Bonchev–Trinajstić information content (AvgIpc) is 2.32. The van der Waals surface area contributed by atoms with E-state index in [-0.39, 0.29) is 18.6 Å². The van der Waals surface area contributed by atoms with Crippen molar-refractivity contribution in [1.29, 1.82) is 0 Å². The Morgan fingerprint density at radius 3 is 3.00 bits per heavy atom. The van der Waals surface area contributed by atoms with Gasteiger partial charge in [0.2, 0.25) is 5.91 Å². The highest BCUT2D eigenvalue weighted by atomic mass is 32.2. The van der Waals surface area contributed by atoms with Gasteiger partial charge in [0.05, 0.1) is 18.0 Å². The molecule has 1 heterocycles. The summed E-state index contributed by atoms with van der Waals surface area (Å²) >= 11 is 1.53. The van der Waals surface area contributed by atoms with Crippen molar-refractivity contribution in [2.24, 2.45) is 5.73 Å². The fourth-order valence-electron chi connectivity index (χ4n) is 1.85. The van der Waals surface area contributed by atoms with Gasteiger partial charge in [0, 0.05) is 17.5 Å². The number of anilines is 1. The molecule has 3 N–H and O–H groups in total. The molecule has 1 aliphatic rings. The van der Waals surface area contributed by atoms with Gasteiger partial charge in [-0.3, -0.25) is 4.79 Å². The van der Waals surface area contributed by atoms with E-state index in [1.807, 2.05) is 25.1 Å². The number of aliphatic hydroxyl groups excluding tert-OH is 1. The number of nitrogens with two attached hydrogens (primary N) is 1. The quantitative estimate of drug-likeness (QED) is 0.846. The number of β-amino-alcohol motifs (C(OH)–C–C–N with tert-alkyl or cyclic N) is 1. The van der Waals surface area contributed by atoms with Gasteiger partial charge in [0.15, 0.2) is 0 Å². The lowest BCUT2D eigenvalue weighted by Gasteiger charge is -2.29. The molecule has 1 aromatic carbocycles. The van der Waals surface area contributed by atoms with Crippen molar-refractivity contribution in [1.82, 2.24) is 0 Å². The van der Waals surface area contributed by atoms with Crippen LogP contribution in [0.25, 0.3) is 0 Å². The summed E-state index contributed by atoms with van der Waals surface area (Å²) in [4.78, 5) is 14.4. The van der Waals surface area contributed by atoms with Crippen LogP contribution in [0.4, 0.5) is 5.69 Å². The molecule has 0 bridgehead atoms. The van der Waals surface area contributed by atoms with Crippen LogP contribution >= 0.6 is 11.8 Å². The Hall–Kier alpha value is -1.04. The summed E-state index contributed by atoms with van der Waals surface area (Å²) in [5, 5.41) is 8.98. The zero-order valence-electron chi connectivity index (χ0n) is 9.72. The normalized spacial score (nSPS) is 16.9. The number of carbonyl (C=O) groups excluding carboxylic acids is 1. The monoisotopic (exact) mass is 252 g/mol. The lowest BCUT2D eigenvalue weighted by atomic mass is 10.1. The Morgan fingerprint density at radius 1 is 1.59 bits per heavy atom. The van der Waals surface area contributed by atoms with Gasteiger partial charge in [-0.15, -0.1) is 11.8 Å². The van der Waals surface area contributed by atoms with E-state index >= 15 is 0 Å². The molecule has 0 aromatic heterocycles. The largest absolute Gasteiger partial charge is 0.395 e. The molecule has 0 saturated heterocycles. The van der Waals surface area contributed by atoms with Crippen LogP contribution in [-0.4, -0.2) is 29.9 Å². The predicted molar refractivity (Wildman–Crippen MR) is 69.2 cm³/mol. The molecule has 1 unspecified atom stereocenters. The van der Waals surface area contributed by atoms with E-state index in [9.17, 15) is 4.79 Å². The minimum atomic E-state index is -0.0229. The topological polar surface area (TPSA) is 66.6 Å². The first kappa shape index (κ1) is 12.4. The van der Waals surface area contributed by atoms with E-state index in [1.54, 1.807) is 4.90 Å². The summed E-state index contributed by atoms with van der Waals surface area (Å²) in [5.41, 5.74) is 7.78. The van der Waals surface area contributed by atoms with Gasteiger partial charge in [0.1, 0.15) is 0 Å². The second-order valence-electron chi connectivity index (χ2n) is 4.07. The molecule has 1 aromatic rings. The van der Waals surface area contributed by atoms with Crippen LogP contribution in [0.2, 0.25) is 0 Å². The molecular weight excluding hydrogens is 236 g/mol. The fraction of sp³-hybridized carbons (Fsp3) is 0.417. The highest BCUT2D eigenvalue weighted by Gasteiger charge is 2.24. The second-order valence-corrected chi connectivity index (χ2v) is 5.09. The van der Waals surface area contributed by atoms with Gasteiger partial charge in [-0.1, -0.05) is 6.07 Å². The van der Waals surface area contributed by atoms with Gasteiger partial charge in [0.25, 0.3) is 0 Å². The molecule has 92 valence electrons. The van der Waals surface area contributed by atoms with Crippen LogP contribution in [-0.2, 0) is 4.79 Å². The maximum Gasteiger partial charge on any atom is 0.237 e. The van der Waals surface area contributed by atoms with Crippen LogP contribution in [0.5, 0.6) is 0 Å². The first-order valence-electron chi connectivity index (χ1n) is 5.57. The van der Waals surface area contributed by atoms with Gasteiger partial charge < -0.3 is 15.7 Å². The van der Waals surface area contributed by atoms with Crippen LogP contribution in [0.15, 0.2) is 23.1 Å². The molecule has 17 heavy (non-hydrogen) atoms. The Labute approximate surface area is 105 Å². The molecule has 1 amide bonds. The zero-order chi connectivity index (χ0) is 12.4. The predicted octanol–water partition coefficient (Wildman–Crippen LogP) is 1.14. The lowest BCUT2D eigenvalue weighted by molar-refractivity contribution is -0.116. The van der Waals surface area contributed by atoms with Crippen molar-refractivity contribution >= 4 is 23.4 Å². The number of carbonyl (C=O) groups is 1. The van der Waals surface area contributed by atoms with Crippen LogP contribution in [0, 0.1) is 0 Å². The van der Waals surface area contributed by atoms with Crippen LogP contribution in [0.1, 0.15) is 18.5 Å². The molecule has 0 saturated carbocycles. The molecular formula is C12H16N2O2S. The van der Waals surface area contributed by atoms with E-state index in [2.05, 4.69) is 0 Å². The van der Waals surface area contributed by atoms with Crippen molar-refractivity contribution in [3.8, 4) is 0 Å². The molecule has 1 atom stereocenters. The van der Waals surface area contributed by atoms with Gasteiger partial charge in [-0.25, -0.2) is 0 Å². The van der Waals surface area contributed by atoms with Crippen molar-refractivity contribution in [2.75, 3.05) is 23.8 Å². The minimum Gasteiger partial charge on any atom is -0.395 e. The molecule has 0 fully saturated rings. The number of rotatable bonds is 3.